The monoisotopic (exact) mass is 341 g/mol. The zero-order valence-electron chi connectivity index (χ0n) is 12.1. The average molecular weight is 341 g/mol. The molecule has 0 aromatic heterocycles. The molecule has 0 aromatic rings. The van der Waals surface area contributed by atoms with Gasteiger partial charge in [0, 0.05) is 0 Å². The third-order valence-corrected chi connectivity index (χ3v) is 3.80. The molecule has 1 fully saturated rings. The zero-order valence-corrected chi connectivity index (χ0v) is 12.1. The van der Waals surface area contributed by atoms with Crippen LogP contribution in [-0.2, 0) is 9.53 Å². The van der Waals surface area contributed by atoms with Gasteiger partial charge in [0.25, 0.3) is 0 Å². The summed E-state index contributed by atoms with van der Waals surface area (Å²) in [7, 11) is 0. The number of carbonyl (C=O) groups is 1. The Morgan fingerprint density at radius 1 is 1.00 bits per heavy atom. The maximum Gasteiger partial charge on any atom is 0.183 e. The number of hydrogen-bond donors (Lipinski definition) is 9. The van der Waals surface area contributed by atoms with Crippen LogP contribution in [0.2, 0.25) is 0 Å². The highest BCUT2D eigenvalue weighted by atomic mass is 16.5. The van der Waals surface area contributed by atoms with Crippen LogP contribution in [0, 0.1) is 0 Å². The van der Waals surface area contributed by atoms with Gasteiger partial charge in [-0.05, 0) is 0 Å². The summed E-state index contributed by atoms with van der Waals surface area (Å²) in [4.78, 5) is 12.2. The van der Waals surface area contributed by atoms with E-state index >= 15 is 0 Å². The molecule has 0 bridgehead atoms. The van der Waals surface area contributed by atoms with Crippen molar-refractivity contribution < 1.29 is 50.4 Å². The van der Waals surface area contributed by atoms with Crippen molar-refractivity contribution in [3.8, 4) is 0 Å². The van der Waals surface area contributed by atoms with E-state index in [1.807, 2.05) is 0 Å². The van der Waals surface area contributed by atoms with Gasteiger partial charge in [0.2, 0.25) is 0 Å². The summed E-state index contributed by atoms with van der Waals surface area (Å²) >= 11 is 0. The van der Waals surface area contributed by atoms with Gasteiger partial charge in [0.15, 0.2) is 5.78 Å². The van der Waals surface area contributed by atoms with Crippen molar-refractivity contribution in [1.82, 2.24) is 0 Å². The SMILES string of the molecule is N[C@H](C(=O)C1O[C@H](CO)[C@H](O)[C@H](O)[C@H]1O)[C@@H](O)[C@H](O)[C@H](O)CO. The molecule has 1 unspecified atom stereocenters. The van der Waals surface area contributed by atoms with Crippen molar-refractivity contribution in [3.63, 3.8) is 0 Å². The van der Waals surface area contributed by atoms with Crippen molar-refractivity contribution in [3.05, 3.63) is 0 Å². The molecular formula is C12H23NO10. The smallest absolute Gasteiger partial charge is 0.183 e. The van der Waals surface area contributed by atoms with E-state index in [4.69, 9.17) is 20.7 Å². The number of ketones is 1. The Morgan fingerprint density at radius 2 is 1.57 bits per heavy atom. The molecule has 9 atom stereocenters. The zero-order chi connectivity index (χ0) is 17.9. The highest BCUT2D eigenvalue weighted by molar-refractivity contribution is 5.89. The van der Waals surface area contributed by atoms with E-state index in [2.05, 4.69) is 0 Å². The van der Waals surface area contributed by atoms with E-state index in [0.29, 0.717) is 0 Å². The van der Waals surface area contributed by atoms with Crippen LogP contribution < -0.4 is 5.73 Å². The lowest BCUT2D eigenvalue weighted by Gasteiger charge is -2.40. The molecule has 0 amide bonds. The molecule has 1 aliphatic heterocycles. The van der Waals surface area contributed by atoms with E-state index in [-0.39, 0.29) is 0 Å². The summed E-state index contributed by atoms with van der Waals surface area (Å²) in [6.45, 7) is -1.64. The molecule has 0 spiro atoms. The molecule has 0 saturated carbocycles. The Balaban J connectivity index is 2.85. The minimum absolute atomic E-state index is 0.752. The first-order chi connectivity index (χ1) is 10.7. The summed E-state index contributed by atoms with van der Waals surface area (Å²) < 4.78 is 4.99. The van der Waals surface area contributed by atoms with Crippen LogP contribution in [-0.4, -0.2) is 115 Å². The third kappa shape index (κ3) is 4.22. The maximum absolute atomic E-state index is 12.2. The Bertz CT molecular complexity index is 394. The summed E-state index contributed by atoms with van der Waals surface area (Å²) in [6, 6.07) is -1.83. The minimum atomic E-state index is -1.99. The summed E-state index contributed by atoms with van der Waals surface area (Å²) in [5.41, 5.74) is 5.46. The van der Waals surface area contributed by atoms with Gasteiger partial charge in [-0.1, -0.05) is 0 Å². The Kier molecular flexibility index (Phi) is 7.41. The average Bonchev–Trinajstić information content (AvgIpc) is 2.56. The minimum Gasteiger partial charge on any atom is -0.394 e. The molecular weight excluding hydrogens is 318 g/mol. The van der Waals surface area contributed by atoms with Crippen molar-refractivity contribution in [2.75, 3.05) is 13.2 Å². The van der Waals surface area contributed by atoms with Crippen LogP contribution in [0.3, 0.4) is 0 Å². The first kappa shape index (κ1) is 20.3. The van der Waals surface area contributed by atoms with Gasteiger partial charge in [-0.3, -0.25) is 4.79 Å². The van der Waals surface area contributed by atoms with Crippen LogP contribution in [0.1, 0.15) is 0 Å². The van der Waals surface area contributed by atoms with Crippen LogP contribution >= 0.6 is 0 Å². The Morgan fingerprint density at radius 3 is 2.04 bits per heavy atom. The number of nitrogens with two attached hydrogens (primary N) is 1. The van der Waals surface area contributed by atoms with Crippen molar-refractivity contribution in [2.45, 2.75) is 54.9 Å². The van der Waals surface area contributed by atoms with Gasteiger partial charge in [-0.2, -0.15) is 0 Å². The number of ether oxygens (including phenoxy) is 1. The molecule has 0 radical (unpaired) electrons. The molecule has 136 valence electrons. The van der Waals surface area contributed by atoms with Crippen LogP contribution in [0.15, 0.2) is 0 Å². The van der Waals surface area contributed by atoms with Gasteiger partial charge in [-0.25, -0.2) is 0 Å². The van der Waals surface area contributed by atoms with Crippen molar-refractivity contribution >= 4 is 5.78 Å². The van der Waals surface area contributed by atoms with Crippen molar-refractivity contribution in [1.29, 1.82) is 0 Å². The molecule has 0 aromatic carbocycles. The second-order valence-corrected chi connectivity index (χ2v) is 5.41. The van der Waals surface area contributed by atoms with Gasteiger partial charge in [0.1, 0.15) is 48.8 Å². The highest BCUT2D eigenvalue weighted by Gasteiger charge is 2.48. The standard InChI is InChI=1S/C12H23NO10/c13-5(8(19)6(17)3(16)1-14)9(20)12-11(22)10(21)7(18)4(2-15)23-12/h3-8,10-12,14-19,21-22H,1-2,13H2/t3-,4-,5+,6-,7+,8-,10+,11-,12?/m1/s1. The largest absolute Gasteiger partial charge is 0.394 e. The number of carbonyl (C=O) groups excluding carboxylic acids is 1. The fourth-order valence-corrected chi connectivity index (χ4v) is 2.24. The normalized spacial score (nSPS) is 37.0. The molecule has 23 heavy (non-hydrogen) atoms. The fraction of sp³-hybridized carbons (Fsp3) is 0.917. The molecule has 0 aliphatic carbocycles. The summed E-state index contributed by atoms with van der Waals surface area (Å²) in [5, 5.41) is 75.3. The molecule has 10 N–H and O–H groups in total. The number of Topliss-reactive ketones (excluding diaryl/α,β-unsaturated/α-hetero) is 1. The number of aliphatic hydroxyl groups excluding tert-OH is 8. The second-order valence-electron chi connectivity index (χ2n) is 5.41. The van der Waals surface area contributed by atoms with E-state index in [1.165, 1.54) is 0 Å². The lowest BCUT2D eigenvalue weighted by Crippen LogP contribution is -2.64. The summed E-state index contributed by atoms with van der Waals surface area (Å²) in [5.74, 6) is -1.13. The quantitative estimate of drug-likeness (QED) is 0.212. The van der Waals surface area contributed by atoms with Gasteiger partial charge in [0.05, 0.1) is 19.3 Å². The lowest BCUT2D eigenvalue weighted by atomic mass is 9.88. The van der Waals surface area contributed by atoms with Crippen LogP contribution in [0.5, 0.6) is 0 Å². The molecule has 1 aliphatic rings. The first-order valence-corrected chi connectivity index (χ1v) is 6.92. The van der Waals surface area contributed by atoms with E-state index in [9.17, 15) is 35.4 Å². The van der Waals surface area contributed by atoms with Gasteiger partial charge in [-0.15, -0.1) is 0 Å². The third-order valence-electron chi connectivity index (χ3n) is 3.80. The van der Waals surface area contributed by atoms with Crippen molar-refractivity contribution in [2.24, 2.45) is 5.73 Å². The molecule has 11 heteroatoms. The number of hydrogen-bond acceptors (Lipinski definition) is 11. The topological polar surface area (TPSA) is 214 Å². The molecule has 1 saturated heterocycles. The van der Waals surface area contributed by atoms with E-state index < -0.39 is 73.9 Å². The summed E-state index contributed by atoms with van der Waals surface area (Å²) in [6.07, 6.45) is -14.1. The number of aliphatic hydroxyl groups is 8. The Labute approximate surface area is 131 Å². The predicted molar refractivity (Wildman–Crippen MR) is 71.9 cm³/mol. The molecule has 1 rings (SSSR count). The van der Waals surface area contributed by atoms with Crippen LogP contribution in [0.4, 0.5) is 0 Å². The number of rotatable bonds is 7. The Hall–Kier alpha value is -0.730. The fourth-order valence-electron chi connectivity index (χ4n) is 2.24. The second kappa shape index (κ2) is 8.39. The van der Waals surface area contributed by atoms with Crippen LogP contribution in [0.25, 0.3) is 0 Å². The maximum atomic E-state index is 12.2. The molecule has 11 nitrogen and oxygen atoms in total. The van der Waals surface area contributed by atoms with E-state index in [1.54, 1.807) is 0 Å². The molecule has 1 heterocycles. The predicted octanol–water partition coefficient (Wildman–Crippen LogP) is -6.20. The lowest BCUT2D eigenvalue weighted by molar-refractivity contribution is -0.227. The van der Waals surface area contributed by atoms with Gasteiger partial charge < -0.3 is 51.3 Å². The first-order valence-electron chi connectivity index (χ1n) is 6.92. The highest BCUT2D eigenvalue weighted by Crippen LogP contribution is 2.23. The van der Waals surface area contributed by atoms with Gasteiger partial charge >= 0.3 is 0 Å². The van der Waals surface area contributed by atoms with E-state index in [0.717, 1.165) is 0 Å².